The lowest BCUT2D eigenvalue weighted by atomic mass is 10.0. The van der Waals surface area contributed by atoms with Gasteiger partial charge in [-0.2, -0.15) is 5.26 Å². The van der Waals surface area contributed by atoms with E-state index in [1.807, 2.05) is 19.1 Å². The van der Waals surface area contributed by atoms with Crippen molar-refractivity contribution in [2.24, 2.45) is 0 Å². The third-order valence-corrected chi connectivity index (χ3v) is 4.27. The van der Waals surface area contributed by atoms with E-state index < -0.39 is 0 Å². The highest BCUT2D eigenvalue weighted by molar-refractivity contribution is 6.20. The molecule has 5 heteroatoms. The van der Waals surface area contributed by atoms with E-state index in [0.29, 0.717) is 12.1 Å². The van der Waals surface area contributed by atoms with Gasteiger partial charge in [-0.15, -0.1) is 11.6 Å². The summed E-state index contributed by atoms with van der Waals surface area (Å²) in [5.74, 6) is 0.797. The van der Waals surface area contributed by atoms with Gasteiger partial charge in [0.05, 0.1) is 28.6 Å². The molecule has 2 heterocycles. The lowest BCUT2D eigenvalue weighted by Crippen LogP contribution is -2.30. The maximum Gasteiger partial charge on any atom is 0.127 e. The Morgan fingerprint density at radius 2 is 2.38 bits per heavy atom. The minimum Gasteiger partial charge on any atom is -0.373 e. The minimum absolute atomic E-state index is 0.184. The Kier molecular flexibility index (Phi) is 3.64. The van der Waals surface area contributed by atoms with Gasteiger partial charge in [-0.3, -0.25) is 0 Å². The van der Waals surface area contributed by atoms with E-state index in [4.69, 9.17) is 16.3 Å². The number of ether oxygens (including phenoxy) is 1. The van der Waals surface area contributed by atoms with Crippen LogP contribution in [0.5, 0.6) is 0 Å². The molecule has 1 saturated heterocycles. The van der Waals surface area contributed by atoms with Crippen molar-refractivity contribution < 1.29 is 4.74 Å². The topological polar surface area (TPSA) is 50.8 Å². The van der Waals surface area contributed by atoms with E-state index in [0.717, 1.165) is 36.3 Å². The zero-order chi connectivity index (χ0) is 15.0. The second-order valence-electron chi connectivity index (χ2n) is 5.86. The average Bonchev–Trinajstić information content (AvgIpc) is 3.04. The summed E-state index contributed by atoms with van der Waals surface area (Å²) in [4.78, 5) is 4.61. The number of halogens is 1. The van der Waals surface area contributed by atoms with Crippen LogP contribution in [0.4, 0.5) is 0 Å². The summed E-state index contributed by atoms with van der Waals surface area (Å²) < 4.78 is 8.01. The highest BCUT2D eigenvalue weighted by atomic mass is 35.5. The molecule has 2 unspecified atom stereocenters. The summed E-state index contributed by atoms with van der Waals surface area (Å²) in [5.41, 5.74) is 2.08. The average molecular weight is 304 g/mol. The molecule has 110 valence electrons. The van der Waals surface area contributed by atoms with Gasteiger partial charge in [0.15, 0.2) is 0 Å². The third kappa shape index (κ3) is 2.52. The smallest absolute Gasteiger partial charge is 0.127 e. The van der Waals surface area contributed by atoms with Crippen molar-refractivity contribution in [1.82, 2.24) is 9.55 Å². The zero-order valence-corrected chi connectivity index (χ0v) is 13.0. The van der Waals surface area contributed by atoms with Crippen LogP contribution in [-0.2, 0) is 11.3 Å². The molecule has 2 aromatic rings. The van der Waals surface area contributed by atoms with Gasteiger partial charge < -0.3 is 9.30 Å². The number of rotatable bonds is 3. The lowest BCUT2D eigenvalue weighted by molar-refractivity contribution is 0.00649. The quantitative estimate of drug-likeness (QED) is 0.811. The summed E-state index contributed by atoms with van der Waals surface area (Å²) in [5, 5.41) is 9.04. The molecular formula is C16H18ClN3O. The number of alkyl halides is 1. The number of imidazole rings is 1. The standard InChI is InChI=1S/C16H18ClN3O/c1-11(17)15-19-14-12(9-18)5-3-6-13(14)20(15)10-16(2)7-4-8-21-16/h3,5-6,11H,4,7-8,10H2,1-2H3. The van der Waals surface area contributed by atoms with Gasteiger partial charge in [0.25, 0.3) is 0 Å². The molecule has 0 radical (unpaired) electrons. The fourth-order valence-electron chi connectivity index (χ4n) is 3.02. The predicted molar refractivity (Wildman–Crippen MR) is 82.3 cm³/mol. The maximum atomic E-state index is 9.25. The van der Waals surface area contributed by atoms with Crippen LogP contribution >= 0.6 is 11.6 Å². The van der Waals surface area contributed by atoms with Gasteiger partial charge >= 0.3 is 0 Å². The molecule has 1 fully saturated rings. The fourth-order valence-corrected chi connectivity index (χ4v) is 3.19. The van der Waals surface area contributed by atoms with E-state index in [9.17, 15) is 5.26 Å². The Morgan fingerprint density at radius 3 is 3.00 bits per heavy atom. The van der Waals surface area contributed by atoms with Crippen molar-refractivity contribution in [3.8, 4) is 6.07 Å². The van der Waals surface area contributed by atoms with Crippen LogP contribution in [0.1, 0.15) is 43.5 Å². The number of para-hydroxylation sites is 1. The zero-order valence-electron chi connectivity index (χ0n) is 12.3. The number of nitriles is 1. The summed E-state index contributed by atoms with van der Waals surface area (Å²) in [6, 6.07) is 7.87. The molecule has 0 amide bonds. The van der Waals surface area contributed by atoms with Gasteiger partial charge in [0.2, 0.25) is 0 Å². The molecular weight excluding hydrogens is 286 g/mol. The first-order chi connectivity index (χ1) is 10.0. The van der Waals surface area contributed by atoms with Crippen LogP contribution in [0.25, 0.3) is 11.0 Å². The van der Waals surface area contributed by atoms with Crippen LogP contribution in [-0.4, -0.2) is 21.8 Å². The third-order valence-electron chi connectivity index (χ3n) is 4.08. The Balaban J connectivity index is 2.15. The number of benzene rings is 1. The van der Waals surface area contributed by atoms with Crippen LogP contribution < -0.4 is 0 Å². The molecule has 1 aromatic carbocycles. The molecule has 0 spiro atoms. The van der Waals surface area contributed by atoms with E-state index in [1.54, 1.807) is 6.07 Å². The monoisotopic (exact) mass is 303 g/mol. The molecule has 2 atom stereocenters. The number of fused-ring (bicyclic) bond motifs is 1. The van der Waals surface area contributed by atoms with Crippen molar-refractivity contribution in [1.29, 1.82) is 5.26 Å². The van der Waals surface area contributed by atoms with Crippen LogP contribution in [0.2, 0.25) is 0 Å². The van der Waals surface area contributed by atoms with Crippen molar-refractivity contribution in [2.45, 2.75) is 44.2 Å². The first-order valence-electron chi connectivity index (χ1n) is 7.21. The first-order valence-corrected chi connectivity index (χ1v) is 7.65. The van der Waals surface area contributed by atoms with Crippen LogP contribution in [0.3, 0.4) is 0 Å². The van der Waals surface area contributed by atoms with Gasteiger partial charge in [-0.05, 0) is 38.8 Å². The van der Waals surface area contributed by atoms with Crippen molar-refractivity contribution >= 4 is 22.6 Å². The summed E-state index contributed by atoms with van der Waals surface area (Å²) in [7, 11) is 0. The highest BCUT2D eigenvalue weighted by Gasteiger charge is 2.32. The molecule has 1 aromatic heterocycles. The molecule has 1 aliphatic heterocycles. The lowest BCUT2D eigenvalue weighted by Gasteiger charge is -2.25. The Hall–Kier alpha value is -1.57. The number of hydrogen-bond donors (Lipinski definition) is 0. The van der Waals surface area contributed by atoms with Crippen LogP contribution in [0.15, 0.2) is 18.2 Å². The minimum atomic E-state index is -0.214. The van der Waals surface area contributed by atoms with Gasteiger partial charge in [-0.25, -0.2) is 4.98 Å². The Labute approximate surface area is 129 Å². The van der Waals surface area contributed by atoms with E-state index in [2.05, 4.69) is 22.5 Å². The summed E-state index contributed by atoms with van der Waals surface area (Å²) in [6.07, 6.45) is 2.11. The van der Waals surface area contributed by atoms with Gasteiger partial charge in [-0.1, -0.05) is 6.07 Å². The van der Waals surface area contributed by atoms with Crippen molar-refractivity contribution in [2.75, 3.05) is 6.61 Å². The van der Waals surface area contributed by atoms with Gasteiger partial charge in [0, 0.05) is 6.61 Å². The number of hydrogen-bond acceptors (Lipinski definition) is 3. The van der Waals surface area contributed by atoms with Gasteiger partial charge in [0.1, 0.15) is 17.4 Å². The number of nitrogens with zero attached hydrogens (tertiary/aromatic N) is 3. The summed E-state index contributed by atoms with van der Waals surface area (Å²) >= 11 is 6.30. The van der Waals surface area contributed by atoms with E-state index in [1.165, 1.54) is 0 Å². The predicted octanol–water partition coefficient (Wildman–Crippen LogP) is 3.78. The molecule has 1 aliphatic rings. The van der Waals surface area contributed by atoms with Crippen molar-refractivity contribution in [3.05, 3.63) is 29.6 Å². The molecule has 21 heavy (non-hydrogen) atoms. The maximum absolute atomic E-state index is 9.25. The first kappa shape index (κ1) is 14.4. The van der Waals surface area contributed by atoms with Crippen LogP contribution in [0, 0.1) is 11.3 Å². The second kappa shape index (κ2) is 5.32. The summed E-state index contributed by atoms with van der Waals surface area (Å²) in [6.45, 7) is 5.55. The SMILES string of the molecule is CC(Cl)c1nc2c(C#N)cccc2n1CC1(C)CCCO1. The molecule has 0 N–H and O–H groups in total. The number of aromatic nitrogens is 2. The molecule has 0 aliphatic carbocycles. The van der Waals surface area contributed by atoms with Crippen molar-refractivity contribution in [3.63, 3.8) is 0 Å². The van der Waals surface area contributed by atoms with E-state index >= 15 is 0 Å². The van der Waals surface area contributed by atoms with E-state index in [-0.39, 0.29) is 11.0 Å². The normalized spacial score (nSPS) is 23.3. The molecule has 3 rings (SSSR count). The second-order valence-corrected chi connectivity index (χ2v) is 6.51. The Morgan fingerprint density at radius 1 is 1.57 bits per heavy atom. The molecule has 0 bridgehead atoms. The highest BCUT2D eigenvalue weighted by Crippen LogP contribution is 2.32. The Bertz CT molecular complexity index is 708. The largest absolute Gasteiger partial charge is 0.373 e. The molecule has 4 nitrogen and oxygen atoms in total. The molecule has 0 saturated carbocycles. The fraction of sp³-hybridized carbons (Fsp3) is 0.500.